The summed E-state index contributed by atoms with van der Waals surface area (Å²) in [4.78, 5) is 28.0. The summed E-state index contributed by atoms with van der Waals surface area (Å²) in [6.45, 7) is 3.12. The van der Waals surface area contributed by atoms with E-state index in [0.29, 0.717) is 19.6 Å². The molecule has 1 aliphatic rings. The van der Waals surface area contributed by atoms with Crippen LogP contribution >= 0.6 is 0 Å². The largest absolute Gasteiger partial charge is 0.377 e. The fourth-order valence-corrected chi connectivity index (χ4v) is 6.86. The molecule has 3 aromatic rings. The highest BCUT2D eigenvalue weighted by Gasteiger charge is 2.48. The minimum Gasteiger partial charge on any atom is -0.377 e. The number of hydrogen-bond donors (Lipinski definition) is 0. The first-order valence-corrected chi connectivity index (χ1v) is 14.7. The number of sulfone groups is 1. The van der Waals surface area contributed by atoms with E-state index in [2.05, 4.69) is 0 Å². The zero-order chi connectivity index (χ0) is 27.0. The minimum absolute atomic E-state index is 0.0405. The second-order valence-electron chi connectivity index (χ2n) is 9.93. The van der Waals surface area contributed by atoms with Crippen LogP contribution in [0.15, 0.2) is 89.8 Å². The molecule has 0 aromatic heterocycles. The van der Waals surface area contributed by atoms with Crippen LogP contribution in [0.2, 0.25) is 0 Å². The molecule has 1 saturated heterocycles. The predicted molar refractivity (Wildman–Crippen MR) is 147 cm³/mol. The number of imide groups is 1. The fourth-order valence-electron chi connectivity index (χ4n) is 4.92. The van der Waals surface area contributed by atoms with E-state index in [1.165, 1.54) is 0 Å². The Balaban J connectivity index is 1.42. The van der Waals surface area contributed by atoms with Gasteiger partial charge in [-0.2, -0.15) is 0 Å². The third-order valence-electron chi connectivity index (χ3n) is 7.02. The number of piperidine rings is 1. The number of likely N-dealkylation sites (tertiary alicyclic amines) is 1. The van der Waals surface area contributed by atoms with Crippen molar-refractivity contribution in [3.05, 3.63) is 102 Å². The van der Waals surface area contributed by atoms with Gasteiger partial charge in [-0.15, -0.1) is 0 Å². The highest BCUT2D eigenvalue weighted by molar-refractivity contribution is 7.92. The number of carbonyl (C=O) groups excluding carboxylic acids is 2. The number of nitrogens with zero attached hydrogens (tertiary/aromatic N) is 1. The maximum Gasteiger partial charge on any atom is 0.248 e. The molecule has 1 fully saturated rings. The van der Waals surface area contributed by atoms with Gasteiger partial charge in [0.15, 0.2) is 9.84 Å². The number of rotatable bonds is 12. The monoisotopic (exact) mass is 533 g/mol. The Labute approximate surface area is 225 Å². The van der Waals surface area contributed by atoms with E-state index in [4.69, 9.17) is 4.74 Å². The Morgan fingerprint density at radius 3 is 2.11 bits per heavy atom. The third kappa shape index (κ3) is 6.97. The van der Waals surface area contributed by atoms with Crippen molar-refractivity contribution in [3.63, 3.8) is 0 Å². The lowest BCUT2D eigenvalue weighted by atomic mass is 9.89. The van der Waals surface area contributed by atoms with Gasteiger partial charge in [0, 0.05) is 13.0 Å². The number of aryl methyl sites for hydroxylation is 1. The molecule has 0 spiro atoms. The summed E-state index contributed by atoms with van der Waals surface area (Å²) < 4.78 is 33.3. The standard InChI is InChI=1S/C31H35NO5S/c1-24-16-18-28(19-17-24)38(35,36)30-27(15-9-4-10-20-37-23-26-13-7-3-8-14-26)21-29(33)32(31(30)34)22-25-11-5-2-6-12-25/h2-3,5-8,11-14,16-19,27,30H,4,9-10,15,20-23H2,1H3/t27-,30+/m1/s1. The van der Waals surface area contributed by atoms with E-state index in [1.54, 1.807) is 24.3 Å². The van der Waals surface area contributed by atoms with Crippen molar-refractivity contribution in [2.75, 3.05) is 6.61 Å². The molecule has 7 heteroatoms. The number of ether oxygens (including phenoxy) is 1. The Bertz CT molecular complexity index is 1310. The smallest absolute Gasteiger partial charge is 0.248 e. The SMILES string of the molecule is Cc1ccc(S(=O)(=O)[C@@H]2C(=O)N(Cc3ccccc3)C(=O)C[C@H]2CCCCCOCc2ccccc2)cc1. The molecule has 2 atom stereocenters. The van der Waals surface area contributed by atoms with Gasteiger partial charge in [0.25, 0.3) is 0 Å². The van der Waals surface area contributed by atoms with E-state index in [0.717, 1.165) is 40.9 Å². The van der Waals surface area contributed by atoms with Crippen LogP contribution in [0.25, 0.3) is 0 Å². The van der Waals surface area contributed by atoms with Crippen molar-refractivity contribution in [2.45, 2.75) is 62.3 Å². The average Bonchev–Trinajstić information content (AvgIpc) is 2.91. The number of benzene rings is 3. The molecule has 1 aliphatic heterocycles. The van der Waals surface area contributed by atoms with Gasteiger partial charge in [0.05, 0.1) is 18.0 Å². The average molecular weight is 534 g/mol. The molecular formula is C31H35NO5S. The van der Waals surface area contributed by atoms with Crippen LogP contribution in [-0.4, -0.2) is 37.0 Å². The number of carbonyl (C=O) groups is 2. The third-order valence-corrected chi connectivity index (χ3v) is 9.20. The van der Waals surface area contributed by atoms with Crippen LogP contribution < -0.4 is 0 Å². The first kappa shape index (κ1) is 27.7. The highest BCUT2D eigenvalue weighted by Crippen LogP contribution is 2.34. The van der Waals surface area contributed by atoms with Crippen LogP contribution in [0.5, 0.6) is 0 Å². The normalized spacial score (nSPS) is 18.1. The summed E-state index contributed by atoms with van der Waals surface area (Å²) in [7, 11) is -3.98. The maximum absolute atomic E-state index is 13.8. The molecule has 0 bridgehead atoms. The van der Waals surface area contributed by atoms with Crippen LogP contribution in [0.1, 0.15) is 48.8 Å². The minimum atomic E-state index is -3.98. The van der Waals surface area contributed by atoms with Crippen molar-refractivity contribution in [1.82, 2.24) is 4.90 Å². The quantitative estimate of drug-likeness (QED) is 0.227. The van der Waals surface area contributed by atoms with E-state index < -0.39 is 26.9 Å². The number of amides is 2. The summed E-state index contributed by atoms with van der Waals surface area (Å²) >= 11 is 0. The van der Waals surface area contributed by atoms with Gasteiger partial charge in [-0.3, -0.25) is 14.5 Å². The topological polar surface area (TPSA) is 80.8 Å². The Morgan fingerprint density at radius 2 is 1.45 bits per heavy atom. The number of hydrogen-bond acceptors (Lipinski definition) is 5. The second kappa shape index (κ2) is 13.0. The maximum atomic E-state index is 13.8. The summed E-state index contributed by atoms with van der Waals surface area (Å²) in [5.41, 5.74) is 2.84. The number of unbranched alkanes of at least 4 members (excludes halogenated alkanes) is 2. The molecule has 0 N–H and O–H groups in total. The molecular weight excluding hydrogens is 498 g/mol. The molecule has 2 amide bonds. The molecule has 0 aliphatic carbocycles. The zero-order valence-electron chi connectivity index (χ0n) is 21.8. The molecule has 0 saturated carbocycles. The lowest BCUT2D eigenvalue weighted by Gasteiger charge is -2.36. The van der Waals surface area contributed by atoms with Crippen molar-refractivity contribution in [2.24, 2.45) is 5.92 Å². The summed E-state index contributed by atoms with van der Waals surface area (Å²) in [6.07, 6.45) is 2.91. The lowest BCUT2D eigenvalue weighted by Crippen LogP contribution is -2.54. The lowest BCUT2D eigenvalue weighted by molar-refractivity contribution is -0.150. The van der Waals surface area contributed by atoms with Gasteiger partial charge in [-0.05, 0) is 48.9 Å². The molecule has 0 unspecified atom stereocenters. The van der Waals surface area contributed by atoms with Crippen molar-refractivity contribution >= 4 is 21.7 Å². The molecule has 3 aromatic carbocycles. The predicted octanol–water partition coefficient (Wildman–Crippen LogP) is 5.49. The van der Waals surface area contributed by atoms with Crippen molar-refractivity contribution < 1.29 is 22.7 Å². The van der Waals surface area contributed by atoms with Gasteiger partial charge in [0.2, 0.25) is 11.8 Å². The molecule has 1 heterocycles. The van der Waals surface area contributed by atoms with Crippen molar-refractivity contribution in [3.8, 4) is 0 Å². The molecule has 6 nitrogen and oxygen atoms in total. The van der Waals surface area contributed by atoms with Crippen LogP contribution in [0.3, 0.4) is 0 Å². The summed E-state index contributed by atoms with van der Waals surface area (Å²) in [5.74, 6) is -1.49. The van der Waals surface area contributed by atoms with Crippen LogP contribution in [0, 0.1) is 12.8 Å². The van der Waals surface area contributed by atoms with Crippen LogP contribution in [0.4, 0.5) is 0 Å². The van der Waals surface area contributed by atoms with Gasteiger partial charge in [0.1, 0.15) is 5.25 Å². The molecule has 200 valence electrons. The van der Waals surface area contributed by atoms with Gasteiger partial charge in [-0.25, -0.2) is 8.42 Å². The van der Waals surface area contributed by atoms with Crippen LogP contribution in [-0.2, 0) is 37.3 Å². The van der Waals surface area contributed by atoms with Gasteiger partial charge < -0.3 is 4.74 Å². The molecule has 38 heavy (non-hydrogen) atoms. The van der Waals surface area contributed by atoms with E-state index in [1.807, 2.05) is 67.6 Å². The van der Waals surface area contributed by atoms with E-state index in [-0.39, 0.29) is 23.8 Å². The zero-order valence-corrected chi connectivity index (χ0v) is 22.6. The van der Waals surface area contributed by atoms with E-state index in [9.17, 15) is 18.0 Å². The fraction of sp³-hybridized carbons (Fsp3) is 0.355. The Kier molecular flexibility index (Phi) is 9.48. The molecule has 4 rings (SSSR count). The van der Waals surface area contributed by atoms with E-state index >= 15 is 0 Å². The first-order chi connectivity index (χ1) is 18.4. The van der Waals surface area contributed by atoms with Gasteiger partial charge >= 0.3 is 0 Å². The van der Waals surface area contributed by atoms with Gasteiger partial charge in [-0.1, -0.05) is 91.2 Å². The Morgan fingerprint density at radius 1 is 0.816 bits per heavy atom. The first-order valence-electron chi connectivity index (χ1n) is 13.2. The van der Waals surface area contributed by atoms with Crippen molar-refractivity contribution in [1.29, 1.82) is 0 Å². The second-order valence-corrected chi connectivity index (χ2v) is 12.0. The summed E-state index contributed by atoms with van der Waals surface area (Å²) in [5, 5.41) is -1.28. The molecule has 0 radical (unpaired) electrons. The summed E-state index contributed by atoms with van der Waals surface area (Å²) in [6, 6.07) is 25.7. The Hall–Kier alpha value is -3.29. The highest BCUT2D eigenvalue weighted by atomic mass is 32.2.